The third-order valence-corrected chi connectivity index (χ3v) is 2.65. The molecule has 2 atom stereocenters. The molecule has 2 unspecified atom stereocenters. The molecule has 0 rings (SSSR count). The van der Waals surface area contributed by atoms with Gasteiger partial charge in [-0.3, -0.25) is 0 Å². The van der Waals surface area contributed by atoms with E-state index in [2.05, 4.69) is 13.8 Å². The second-order valence-electron chi connectivity index (χ2n) is 3.75. The second kappa shape index (κ2) is 7.65. The van der Waals surface area contributed by atoms with Gasteiger partial charge in [-0.1, -0.05) is 33.1 Å². The van der Waals surface area contributed by atoms with E-state index in [-0.39, 0.29) is 6.10 Å². The fourth-order valence-corrected chi connectivity index (χ4v) is 1.68. The molecule has 0 aromatic rings. The number of rotatable bonds is 7. The fourth-order valence-electron chi connectivity index (χ4n) is 1.68. The van der Waals surface area contributed by atoms with Crippen LogP contribution in [0, 0.1) is 5.92 Å². The highest BCUT2D eigenvalue weighted by Crippen LogP contribution is 2.19. The molecule has 3 nitrogen and oxygen atoms in total. The number of unbranched alkanes of at least 4 members (excludes halogenated alkanes) is 2. The molecule has 0 fully saturated rings. The maximum atomic E-state index is 10.3. The lowest BCUT2D eigenvalue weighted by molar-refractivity contribution is 0.0299. The van der Waals surface area contributed by atoms with Crippen LogP contribution in [0.4, 0.5) is 4.79 Å². The Bertz CT molecular complexity index is 157. The maximum absolute atomic E-state index is 10.3. The van der Waals surface area contributed by atoms with Crippen molar-refractivity contribution >= 4 is 6.16 Å². The molecule has 0 bridgehead atoms. The van der Waals surface area contributed by atoms with Crippen molar-refractivity contribution in [2.45, 2.75) is 59.0 Å². The molecule has 0 aliphatic heterocycles. The summed E-state index contributed by atoms with van der Waals surface area (Å²) >= 11 is 0. The van der Waals surface area contributed by atoms with Gasteiger partial charge in [0.2, 0.25) is 0 Å². The van der Waals surface area contributed by atoms with Crippen molar-refractivity contribution in [3.63, 3.8) is 0 Å². The summed E-state index contributed by atoms with van der Waals surface area (Å²) in [5.41, 5.74) is 0. The van der Waals surface area contributed by atoms with Crippen LogP contribution in [0.5, 0.6) is 0 Å². The van der Waals surface area contributed by atoms with E-state index in [1.54, 1.807) is 0 Å². The third-order valence-electron chi connectivity index (χ3n) is 2.65. The highest BCUT2D eigenvalue weighted by molar-refractivity contribution is 5.57. The molecule has 1 N–H and O–H groups in total. The monoisotopic (exact) mass is 202 g/mol. The number of hydrogen-bond acceptors (Lipinski definition) is 2. The smallest absolute Gasteiger partial charge is 0.450 e. The zero-order chi connectivity index (χ0) is 11.0. The van der Waals surface area contributed by atoms with Crippen molar-refractivity contribution in [2.24, 2.45) is 5.92 Å². The van der Waals surface area contributed by atoms with Crippen LogP contribution in [0.15, 0.2) is 0 Å². The molecule has 0 aliphatic carbocycles. The second-order valence-corrected chi connectivity index (χ2v) is 3.75. The van der Waals surface area contributed by atoms with Crippen molar-refractivity contribution in [1.82, 2.24) is 0 Å². The van der Waals surface area contributed by atoms with Gasteiger partial charge in [0.15, 0.2) is 0 Å². The quantitative estimate of drug-likeness (QED) is 0.506. The van der Waals surface area contributed by atoms with Gasteiger partial charge in [0.05, 0.1) is 0 Å². The van der Waals surface area contributed by atoms with Crippen LogP contribution in [-0.4, -0.2) is 17.4 Å². The summed E-state index contributed by atoms with van der Waals surface area (Å²) in [5, 5.41) is 8.48. The van der Waals surface area contributed by atoms with Crippen molar-refractivity contribution in [3.8, 4) is 0 Å². The van der Waals surface area contributed by atoms with Gasteiger partial charge in [0.1, 0.15) is 6.10 Å². The zero-order valence-electron chi connectivity index (χ0n) is 9.45. The van der Waals surface area contributed by atoms with Crippen LogP contribution in [-0.2, 0) is 4.74 Å². The predicted molar refractivity (Wildman–Crippen MR) is 56.5 cm³/mol. The minimum Gasteiger partial charge on any atom is -0.450 e. The maximum Gasteiger partial charge on any atom is 0.506 e. The Hall–Kier alpha value is -0.730. The summed E-state index contributed by atoms with van der Waals surface area (Å²) in [4.78, 5) is 10.3. The minimum absolute atomic E-state index is 0.172. The molecule has 0 spiro atoms. The van der Waals surface area contributed by atoms with Crippen molar-refractivity contribution < 1.29 is 14.6 Å². The number of carbonyl (C=O) groups is 1. The molecule has 0 amide bonds. The molecular formula is C11H22O3. The van der Waals surface area contributed by atoms with E-state index in [4.69, 9.17) is 9.84 Å². The van der Waals surface area contributed by atoms with Crippen LogP contribution >= 0.6 is 0 Å². The normalized spacial score (nSPS) is 14.8. The average molecular weight is 202 g/mol. The van der Waals surface area contributed by atoms with E-state index in [0.29, 0.717) is 5.92 Å². The lowest BCUT2D eigenvalue weighted by Gasteiger charge is -2.21. The van der Waals surface area contributed by atoms with Gasteiger partial charge in [-0.2, -0.15) is 0 Å². The van der Waals surface area contributed by atoms with Crippen molar-refractivity contribution in [2.75, 3.05) is 0 Å². The summed E-state index contributed by atoms with van der Waals surface area (Å²) in [6, 6.07) is 0. The Balaban J connectivity index is 3.80. The van der Waals surface area contributed by atoms with Gasteiger partial charge >= 0.3 is 6.16 Å². The van der Waals surface area contributed by atoms with Gasteiger partial charge < -0.3 is 9.84 Å². The Kier molecular flexibility index (Phi) is 7.25. The lowest BCUT2D eigenvalue weighted by atomic mass is 9.94. The van der Waals surface area contributed by atoms with Crippen molar-refractivity contribution in [3.05, 3.63) is 0 Å². The number of carboxylic acid groups (broad SMARTS) is 1. The molecule has 0 saturated carbocycles. The van der Waals surface area contributed by atoms with Gasteiger partial charge in [0.25, 0.3) is 0 Å². The predicted octanol–water partition coefficient (Wildman–Crippen LogP) is 3.68. The van der Waals surface area contributed by atoms with Crippen LogP contribution in [0.2, 0.25) is 0 Å². The number of ether oxygens (including phenoxy) is 1. The molecule has 0 saturated heterocycles. The summed E-state index contributed by atoms with van der Waals surface area (Å²) in [5.74, 6) is 0.373. The molecule has 0 aliphatic rings. The first-order chi connectivity index (χ1) is 6.61. The number of hydrogen-bond donors (Lipinski definition) is 1. The molecule has 0 radical (unpaired) electrons. The molecule has 0 heterocycles. The Morgan fingerprint density at radius 3 is 2.43 bits per heavy atom. The molecule has 0 aromatic heterocycles. The Morgan fingerprint density at radius 1 is 1.36 bits per heavy atom. The molecule has 84 valence electrons. The van der Waals surface area contributed by atoms with E-state index >= 15 is 0 Å². The Morgan fingerprint density at radius 2 is 2.00 bits per heavy atom. The SMILES string of the molecule is CCCCCC(CC)C(C)OC(=O)O. The molecule has 14 heavy (non-hydrogen) atoms. The third kappa shape index (κ3) is 5.84. The molecule has 3 heteroatoms. The van der Waals surface area contributed by atoms with Gasteiger partial charge in [0, 0.05) is 0 Å². The van der Waals surface area contributed by atoms with Crippen LogP contribution < -0.4 is 0 Å². The van der Waals surface area contributed by atoms with E-state index in [0.717, 1.165) is 12.8 Å². The highest BCUT2D eigenvalue weighted by Gasteiger charge is 2.18. The van der Waals surface area contributed by atoms with E-state index in [1.807, 2.05) is 6.92 Å². The van der Waals surface area contributed by atoms with E-state index < -0.39 is 6.16 Å². The first kappa shape index (κ1) is 13.3. The van der Waals surface area contributed by atoms with Gasteiger partial charge in [-0.05, 0) is 25.7 Å². The van der Waals surface area contributed by atoms with Crippen LogP contribution in [0.3, 0.4) is 0 Å². The average Bonchev–Trinajstić information content (AvgIpc) is 2.11. The van der Waals surface area contributed by atoms with Crippen LogP contribution in [0.1, 0.15) is 52.9 Å². The first-order valence-corrected chi connectivity index (χ1v) is 5.51. The summed E-state index contributed by atoms with van der Waals surface area (Å²) in [7, 11) is 0. The molecular weight excluding hydrogens is 180 g/mol. The van der Waals surface area contributed by atoms with Gasteiger partial charge in [-0.15, -0.1) is 0 Å². The lowest BCUT2D eigenvalue weighted by Crippen LogP contribution is -2.22. The largest absolute Gasteiger partial charge is 0.506 e. The van der Waals surface area contributed by atoms with E-state index in [1.165, 1.54) is 19.3 Å². The Labute approximate surface area is 86.5 Å². The highest BCUT2D eigenvalue weighted by atomic mass is 16.7. The molecule has 0 aromatic carbocycles. The van der Waals surface area contributed by atoms with Crippen LogP contribution in [0.25, 0.3) is 0 Å². The fraction of sp³-hybridized carbons (Fsp3) is 0.909. The topological polar surface area (TPSA) is 46.5 Å². The van der Waals surface area contributed by atoms with E-state index in [9.17, 15) is 4.79 Å². The van der Waals surface area contributed by atoms with Crippen molar-refractivity contribution in [1.29, 1.82) is 0 Å². The summed E-state index contributed by atoms with van der Waals surface area (Å²) in [6.07, 6.45) is 4.31. The summed E-state index contributed by atoms with van der Waals surface area (Å²) < 4.78 is 4.75. The van der Waals surface area contributed by atoms with Gasteiger partial charge in [-0.25, -0.2) is 4.79 Å². The first-order valence-electron chi connectivity index (χ1n) is 5.51. The zero-order valence-corrected chi connectivity index (χ0v) is 9.45. The standard InChI is InChI=1S/C11H22O3/c1-4-6-7-8-10(5-2)9(3)14-11(12)13/h9-10H,4-8H2,1-3H3,(H,12,13). The minimum atomic E-state index is -1.16. The summed E-state index contributed by atoms with van der Waals surface area (Å²) in [6.45, 7) is 6.09.